The van der Waals surface area contributed by atoms with Crippen molar-refractivity contribution in [3.63, 3.8) is 0 Å². The summed E-state index contributed by atoms with van der Waals surface area (Å²) in [7, 11) is 1.37. The summed E-state index contributed by atoms with van der Waals surface area (Å²) >= 11 is 0. The Kier molecular flexibility index (Phi) is 5.31. The molecular formula is C16H22O4. The summed E-state index contributed by atoms with van der Waals surface area (Å²) in [6.07, 6.45) is 1.74. The first-order valence-electron chi connectivity index (χ1n) is 6.69. The number of carbonyl (C=O) groups excluding carboxylic acids is 2. The van der Waals surface area contributed by atoms with E-state index in [1.807, 2.05) is 13.8 Å². The fourth-order valence-electron chi connectivity index (χ4n) is 2.21. The Morgan fingerprint density at radius 1 is 1.30 bits per heavy atom. The highest BCUT2D eigenvalue weighted by Crippen LogP contribution is 2.35. The molecule has 110 valence electrons. The third-order valence-corrected chi connectivity index (χ3v) is 3.54. The van der Waals surface area contributed by atoms with Crippen LogP contribution in [0.4, 0.5) is 0 Å². The Bertz CT molecular complexity index is 503. The molecule has 4 nitrogen and oxygen atoms in total. The molecule has 0 bridgehead atoms. The van der Waals surface area contributed by atoms with Crippen LogP contribution in [-0.4, -0.2) is 24.0 Å². The van der Waals surface area contributed by atoms with Gasteiger partial charge in [0.25, 0.3) is 0 Å². The molecular weight excluding hydrogens is 256 g/mol. The summed E-state index contributed by atoms with van der Waals surface area (Å²) in [4.78, 5) is 22.6. The molecule has 0 spiro atoms. The van der Waals surface area contributed by atoms with E-state index >= 15 is 0 Å². The van der Waals surface area contributed by atoms with Crippen molar-refractivity contribution >= 4 is 11.8 Å². The average Bonchev–Trinajstić information content (AvgIpc) is 2.38. The Morgan fingerprint density at radius 2 is 1.95 bits per heavy atom. The fraction of sp³-hybridized carbons (Fsp3) is 0.500. The first kappa shape index (κ1) is 16.2. The lowest BCUT2D eigenvalue weighted by Gasteiger charge is -2.26. The number of methoxy groups -OCH3 is 1. The number of rotatable bonds is 6. The predicted molar refractivity (Wildman–Crippen MR) is 77.0 cm³/mol. The quantitative estimate of drug-likeness (QED) is 0.641. The Hall–Kier alpha value is -1.84. The normalized spacial score (nSPS) is 11.2. The molecule has 0 aliphatic carbocycles. The molecule has 1 rings (SSSR count). The maximum Gasteiger partial charge on any atom is 0.305 e. The minimum Gasteiger partial charge on any atom is -0.508 e. The molecule has 20 heavy (non-hydrogen) atoms. The number of ketones is 1. The van der Waals surface area contributed by atoms with Crippen LogP contribution < -0.4 is 0 Å². The van der Waals surface area contributed by atoms with Crippen LogP contribution in [0.3, 0.4) is 0 Å². The highest BCUT2D eigenvalue weighted by molar-refractivity contribution is 5.94. The molecule has 0 atom stereocenters. The largest absolute Gasteiger partial charge is 0.508 e. The SMILES string of the molecule is COC(=O)CCCC(C)(C)c1cc(C(C)=O)ccc1O. The molecule has 0 saturated carbocycles. The summed E-state index contributed by atoms with van der Waals surface area (Å²) < 4.78 is 4.61. The first-order chi connectivity index (χ1) is 9.27. The number of ether oxygens (including phenoxy) is 1. The summed E-state index contributed by atoms with van der Waals surface area (Å²) in [5.41, 5.74) is 0.998. The third-order valence-electron chi connectivity index (χ3n) is 3.54. The molecule has 0 heterocycles. The zero-order chi connectivity index (χ0) is 15.3. The molecule has 0 aliphatic rings. The van der Waals surface area contributed by atoms with Gasteiger partial charge in [0, 0.05) is 17.5 Å². The number of carbonyl (C=O) groups is 2. The summed E-state index contributed by atoms with van der Waals surface area (Å²) in [6, 6.07) is 4.90. The van der Waals surface area contributed by atoms with Gasteiger partial charge in [0.1, 0.15) is 5.75 Å². The second kappa shape index (κ2) is 6.55. The minimum absolute atomic E-state index is 0.0309. The van der Waals surface area contributed by atoms with Gasteiger partial charge in [0.2, 0.25) is 0 Å². The third kappa shape index (κ3) is 4.08. The molecule has 1 aromatic carbocycles. The van der Waals surface area contributed by atoms with E-state index in [0.717, 1.165) is 12.0 Å². The highest BCUT2D eigenvalue weighted by atomic mass is 16.5. The number of benzene rings is 1. The van der Waals surface area contributed by atoms with Crippen molar-refractivity contribution in [3.8, 4) is 5.75 Å². The Morgan fingerprint density at radius 3 is 2.50 bits per heavy atom. The van der Waals surface area contributed by atoms with Crippen LogP contribution >= 0.6 is 0 Å². The molecule has 4 heteroatoms. The summed E-state index contributed by atoms with van der Waals surface area (Å²) in [5.74, 6) is -0.0859. The van der Waals surface area contributed by atoms with Gasteiger partial charge in [-0.15, -0.1) is 0 Å². The number of hydrogen-bond donors (Lipinski definition) is 1. The molecule has 0 aromatic heterocycles. The van der Waals surface area contributed by atoms with E-state index in [-0.39, 0.29) is 22.9 Å². The van der Waals surface area contributed by atoms with Crippen molar-refractivity contribution in [2.75, 3.05) is 7.11 Å². The van der Waals surface area contributed by atoms with Gasteiger partial charge in [0.05, 0.1) is 7.11 Å². The van der Waals surface area contributed by atoms with Crippen molar-refractivity contribution in [2.45, 2.75) is 45.4 Å². The van der Waals surface area contributed by atoms with E-state index in [9.17, 15) is 14.7 Å². The van der Waals surface area contributed by atoms with Crippen LogP contribution in [0.25, 0.3) is 0 Å². The van der Waals surface area contributed by atoms with Crippen molar-refractivity contribution in [3.05, 3.63) is 29.3 Å². The number of hydrogen-bond acceptors (Lipinski definition) is 4. The monoisotopic (exact) mass is 278 g/mol. The minimum atomic E-state index is -0.316. The van der Waals surface area contributed by atoms with Gasteiger partial charge in [-0.2, -0.15) is 0 Å². The highest BCUT2D eigenvalue weighted by Gasteiger charge is 2.24. The van der Waals surface area contributed by atoms with E-state index in [2.05, 4.69) is 4.74 Å². The molecule has 0 radical (unpaired) electrons. The molecule has 1 aromatic rings. The van der Waals surface area contributed by atoms with Crippen LogP contribution in [0.1, 0.15) is 56.0 Å². The number of esters is 1. The second-order valence-electron chi connectivity index (χ2n) is 5.60. The molecule has 0 aliphatic heterocycles. The zero-order valence-electron chi connectivity index (χ0n) is 12.5. The van der Waals surface area contributed by atoms with Gasteiger partial charge in [-0.25, -0.2) is 0 Å². The Balaban J connectivity index is 2.88. The van der Waals surface area contributed by atoms with Gasteiger partial charge in [-0.3, -0.25) is 9.59 Å². The first-order valence-corrected chi connectivity index (χ1v) is 6.69. The number of phenols is 1. The van der Waals surface area contributed by atoms with Crippen LogP contribution in [0, 0.1) is 0 Å². The maximum absolute atomic E-state index is 11.4. The average molecular weight is 278 g/mol. The fourth-order valence-corrected chi connectivity index (χ4v) is 2.21. The van der Waals surface area contributed by atoms with Gasteiger partial charge in [-0.1, -0.05) is 13.8 Å². The number of phenolic OH excluding ortho intramolecular Hbond substituents is 1. The molecule has 0 fully saturated rings. The predicted octanol–water partition coefficient (Wildman–Crippen LogP) is 3.22. The summed E-state index contributed by atoms with van der Waals surface area (Å²) in [6.45, 7) is 5.48. The van der Waals surface area contributed by atoms with Gasteiger partial charge in [0.15, 0.2) is 5.78 Å². The molecule has 0 amide bonds. The van der Waals surface area contributed by atoms with E-state index < -0.39 is 0 Å². The zero-order valence-corrected chi connectivity index (χ0v) is 12.5. The smallest absolute Gasteiger partial charge is 0.305 e. The van der Waals surface area contributed by atoms with Gasteiger partial charge >= 0.3 is 5.97 Å². The lowest BCUT2D eigenvalue weighted by atomic mass is 9.79. The van der Waals surface area contributed by atoms with E-state index in [1.54, 1.807) is 18.2 Å². The lowest BCUT2D eigenvalue weighted by Crippen LogP contribution is -2.18. The molecule has 0 saturated heterocycles. The van der Waals surface area contributed by atoms with Crippen molar-refractivity contribution in [2.24, 2.45) is 0 Å². The second-order valence-corrected chi connectivity index (χ2v) is 5.60. The lowest BCUT2D eigenvalue weighted by molar-refractivity contribution is -0.140. The Labute approximate surface area is 119 Å². The van der Waals surface area contributed by atoms with E-state index in [1.165, 1.54) is 14.0 Å². The van der Waals surface area contributed by atoms with Crippen LogP contribution in [-0.2, 0) is 14.9 Å². The number of aromatic hydroxyl groups is 1. The summed E-state index contributed by atoms with van der Waals surface area (Å²) in [5, 5.41) is 10.0. The standard InChI is InChI=1S/C16H22O4/c1-11(17)12-7-8-14(18)13(10-12)16(2,3)9-5-6-15(19)20-4/h7-8,10,18H,5-6,9H2,1-4H3. The van der Waals surface area contributed by atoms with Crippen molar-refractivity contribution in [1.29, 1.82) is 0 Å². The molecule has 0 unspecified atom stereocenters. The van der Waals surface area contributed by atoms with Crippen LogP contribution in [0.15, 0.2) is 18.2 Å². The van der Waals surface area contributed by atoms with Crippen molar-refractivity contribution in [1.82, 2.24) is 0 Å². The molecule has 1 N–H and O–H groups in total. The van der Waals surface area contributed by atoms with Crippen LogP contribution in [0.5, 0.6) is 5.75 Å². The van der Waals surface area contributed by atoms with Crippen LogP contribution in [0.2, 0.25) is 0 Å². The topological polar surface area (TPSA) is 63.6 Å². The van der Waals surface area contributed by atoms with E-state index in [4.69, 9.17) is 0 Å². The van der Waals surface area contributed by atoms with Gasteiger partial charge in [-0.05, 0) is 43.4 Å². The van der Waals surface area contributed by atoms with E-state index in [0.29, 0.717) is 18.4 Å². The van der Waals surface area contributed by atoms with Gasteiger partial charge < -0.3 is 9.84 Å². The maximum atomic E-state index is 11.4. The number of Topliss-reactive ketones (excluding diaryl/α,β-unsaturated/α-hetero) is 1. The van der Waals surface area contributed by atoms with Crippen molar-refractivity contribution < 1.29 is 19.4 Å².